The third-order valence-corrected chi connectivity index (χ3v) is 5.14. The van der Waals surface area contributed by atoms with E-state index in [1.807, 2.05) is 0 Å². The molecule has 2 N–H and O–H groups in total. The van der Waals surface area contributed by atoms with Crippen LogP contribution in [0.1, 0.15) is 15.9 Å². The van der Waals surface area contributed by atoms with E-state index < -0.39 is 10.0 Å². The first-order valence-electron chi connectivity index (χ1n) is 5.97. The lowest BCUT2D eigenvalue weighted by molar-refractivity contribution is 0.0977. The van der Waals surface area contributed by atoms with Crippen molar-refractivity contribution >= 4 is 32.9 Å². The Morgan fingerprint density at radius 2 is 2.15 bits per heavy atom. The number of nitrogens with one attached hydrogen (secondary N) is 2. The van der Waals surface area contributed by atoms with Gasteiger partial charge in [0.05, 0.1) is 11.4 Å². The van der Waals surface area contributed by atoms with Crippen LogP contribution in [0.25, 0.3) is 0 Å². The second kappa shape index (κ2) is 5.94. The average molecular weight is 313 g/mol. The number of hydrogen-bond acceptors (Lipinski definition) is 5. The van der Waals surface area contributed by atoms with Gasteiger partial charge < -0.3 is 5.32 Å². The van der Waals surface area contributed by atoms with Crippen LogP contribution in [0.15, 0.2) is 28.1 Å². The SMILES string of the molecule is CNS(=O)(=O)c1ccc(C)c(C(=O)NC2=NCCS2)c1. The summed E-state index contributed by atoms with van der Waals surface area (Å²) in [6.07, 6.45) is 0. The number of nitrogens with zero attached hydrogens (tertiary/aromatic N) is 1. The summed E-state index contributed by atoms with van der Waals surface area (Å²) in [6, 6.07) is 4.46. The average Bonchev–Trinajstić information content (AvgIpc) is 2.91. The van der Waals surface area contributed by atoms with Crippen molar-refractivity contribution in [1.82, 2.24) is 10.0 Å². The number of hydrogen-bond donors (Lipinski definition) is 2. The van der Waals surface area contributed by atoms with Gasteiger partial charge >= 0.3 is 0 Å². The first kappa shape index (κ1) is 15.0. The van der Waals surface area contributed by atoms with Crippen molar-refractivity contribution in [3.05, 3.63) is 29.3 Å². The summed E-state index contributed by atoms with van der Waals surface area (Å²) in [5.41, 5.74) is 1.04. The highest BCUT2D eigenvalue weighted by Gasteiger charge is 2.18. The molecule has 0 radical (unpaired) electrons. The second-order valence-corrected chi connectivity index (χ2v) is 7.14. The van der Waals surface area contributed by atoms with Crippen LogP contribution in [-0.2, 0) is 10.0 Å². The van der Waals surface area contributed by atoms with Crippen molar-refractivity contribution in [1.29, 1.82) is 0 Å². The van der Waals surface area contributed by atoms with Crippen LogP contribution in [0.3, 0.4) is 0 Å². The molecule has 1 heterocycles. The predicted octanol–water partition coefficient (Wildman–Crippen LogP) is 0.736. The van der Waals surface area contributed by atoms with Gasteiger partial charge in [0, 0.05) is 11.3 Å². The number of amidine groups is 1. The van der Waals surface area contributed by atoms with Crippen LogP contribution in [0, 0.1) is 6.92 Å². The van der Waals surface area contributed by atoms with Gasteiger partial charge in [0.2, 0.25) is 10.0 Å². The molecule has 1 aliphatic heterocycles. The highest BCUT2D eigenvalue weighted by atomic mass is 32.2. The zero-order valence-corrected chi connectivity index (χ0v) is 12.8. The van der Waals surface area contributed by atoms with E-state index in [9.17, 15) is 13.2 Å². The molecule has 0 aromatic heterocycles. The Labute approximate surface area is 122 Å². The minimum absolute atomic E-state index is 0.0664. The van der Waals surface area contributed by atoms with Crippen molar-refractivity contribution in [2.45, 2.75) is 11.8 Å². The summed E-state index contributed by atoms with van der Waals surface area (Å²) in [5, 5.41) is 3.27. The third kappa shape index (κ3) is 3.20. The molecule has 1 aliphatic rings. The zero-order valence-electron chi connectivity index (χ0n) is 11.1. The standard InChI is InChI=1S/C12H15N3O3S2/c1-8-3-4-9(20(17,18)13-2)7-10(8)11(16)15-12-14-5-6-19-12/h3-4,7,13H,5-6H2,1-2H3,(H,14,15,16). The van der Waals surface area contributed by atoms with Gasteiger partial charge in [-0.1, -0.05) is 17.8 Å². The minimum Gasteiger partial charge on any atom is -0.301 e. The smallest absolute Gasteiger partial charge is 0.257 e. The van der Waals surface area contributed by atoms with Gasteiger partial charge in [0.25, 0.3) is 5.91 Å². The van der Waals surface area contributed by atoms with Crippen LogP contribution < -0.4 is 10.0 Å². The summed E-state index contributed by atoms with van der Waals surface area (Å²) in [7, 11) is -2.23. The Morgan fingerprint density at radius 1 is 1.40 bits per heavy atom. The molecule has 6 nitrogen and oxygen atoms in total. The maximum Gasteiger partial charge on any atom is 0.257 e. The largest absolute Gasteiger partial charge is 0.301 e. The molecule has 108 valence electrons. The van der Waals surface area contributed by atoms with E-state index in [0.29, 0.717) is 22.8 Å². The number of amides is 1. The van der Waals surface area contributed by atoms with Crippen LogP contribution in [0.2, 0.25) is 0 Å². The Balaban J connectivity index is 2.31. The van der Waals surface area contributed by atoms with E-state index in [1.54, 1.807) is 13.0 Å². The van der Waals surface area contributed by atoms with E-state index in [4.69, 9.17) is 0 Å². The molecule has 0 aliphatic carbocycles. The number of aliphatic imine (C=N–C) groups is 1. The number of sulfonamides is 1. The second-order valence-electron chi connectivity index (χ2n) is 4.17. The summed E-state index contributed by atoms with van der Waals surface area (Å²) in [6.45, 7) is 2.45. The fraction of sp³-hybridized carbons (Fsp3) is 0.333. The Morgan fingerprint density at radius 3 is 2.75 bits per heavy atom. The highest BCUT2D eigenvalue weighted by Crippen LogP contribution is 2.16. The lowest BCUT2D eigenvalue weighted by Gasteiger charge is -2.09. The van der Waals surface area contributed by atoms with E-state index in [-0.39, 0.29) is 10.8 Å². The Kier molecular flexibility index (Phi) is 4.46. The lowest BCUT2D eigenvalue weighted by atomic mass is 10.1. The van der Waals surface area contributed by atoms with Gasteiger partial charge in [-0.3, -0.25) is 9.79 Å². The number of rotatable bonds is 3. The minimum atomic E-state index is -3.56. The normalized spacial score (nSPS) is 15.0. The molecule has 2 rings (SSSR count). The molecule has 0 saturated carbocycles. The van der Waals surface area contributed by atoms with Gasteiger partial charge in [0.15, 0.2) is 5.17 Å². The molecule has 0 unspecified atom stereocenters. The number of thioether (sulfide) groups is 1. The van der Waals surface area contributed by atoms with Crippen molar-refractivity contribution in [2.75, 3.05) is 19.3 Å². The van der Waals surface area contributed by atoms with Gasteiger partial charge in [0.1, 0.15) is 0 Å². The van der Waals surface area contributed by atoms with E-state index >= 15 is 0 Å². The van der Waals surface area contributed by atoms with Gasteiger partial charge in [-0.2, -0.15) is 0 Å². The molecule has 20 heavy (non-hydrogen) atoms. The summed E-state index contributed by atoms with van der Waals surface area (Å²) >= 11 is 1.47. The molecule has 0 atom stereocenters. The molecular formula is C12H15N3O3S2. The lowest BCUT2D eigenvalue weighted by Crippen LogP contribution is -2.28. The number of benzene rings is 1. The van der Waals surface area contributed by atoms with Crippen molar-refractivity contribution in [2.24, 2.45) is 4.99 Å². The first-order valence-corrected chi connectivity index (χ1v) is 8.44. The number of aryl methyl sites for hydroxylation is 1. The van der Waals surface area contributed by atoms with Crippen molar-refractivity contribution in [3.8, 4) is 0 Å². The van der Waals surface area contributed by atoms with Gasteiger partial charge in [-0.25, -0.2) is 13.1 Å². The Hall–Kier alpha value is -1.38. The van der Waals surface area contributed by atoms with E-state index in [1.165, 1.54) is 30.9 Å². The molecular weight excluding hydrogens is 298 g/mol. The monoisotopic (exact) mass is 313 g/mol. The third-order valence-electron chi connectivity index (χ3n) is 2.84. The maximum absolute atomic E-state index is 12.2. The Bertz CT molecular complexity index is 669. The van der Waals surface area contributed by atoms with E-state index in [2.05, 4.69) is 15.0 Å². The molecule has 1 amide bonds. The molecule has 0 bridgehead atoms. The first-order chi connectivity index (χ1) is 9.44. The van der Waals surface area contributed by atoms with Crippen LogP contribution >= 0.6 is 11.8 Å². The number of carbonyl (C=O) groups is 1. The fourth-order valence-corrected chi connectivity index (χ4v) is 3.19. The highest BCUT2D eigenvalue weighted by molar-refractivity contribution is 8.14. The van der Waals surface area contributed by atoms with Crippen molar-refractivity contribution < 1.29 is 13.2 Å². The molecule has 0 fully saturated rings. The van der Waals surface area contributed by atoms with Crippen LogP contribution in [0.4, 0.5) is 0 Å². The molecule has 8 heteroatoms. The van der Waals surface area contributed by atoms with Crippen LogP contribution in [0.5, 0.6) is 0 Å². The molecule has 0 saturated heterocycles. The van der Waals surface area contributed by atoms with Crippen molar-refractivity contribution in [3.63, 3.8) is 0 Å². The van der Waals surface area contributed by atoms with Gasteiger partial charge in [-0.05, 0) is 31.7 Å². The fourth-order valence-electron chi connectivity index (χ4n) is 1.71. The summed E-state index contributed by atoms with van der Waals surface area (Å²) in [4.78, 5) is 16.4. The summed E-state index contributed by atoms with van der Waals surface area (Å²) < 4.78 is 25.8. The molecule has 1 aromatic rings. The number of carbonyl (C=O) groups excluding carboxylic acids is 1. The predicted molar refractivity (Wildman–Crippen MR) is 79.7 cm³/mol. The topological polar surface area (TPSA) is 87.6 Å². The quantitative estimate of drug-likeness (QED) is 0.861. The van der Waals surface area contributed by atoms with E-state index in [0.717, 1.165) is 5.75 Å². The molecule has 1 aromatic carbocycles. The maximum atomic E-state index is 12.2. The van der Waals surface area contributed by atoms with Gasteiger partial charge in [-0.15, -0.1) is 0 Å². The zero-order chi connectivity index (χ0) is 14.8. The summed E-state index contributed by atoms with van der Waals surface area (Å²) in [5.74, 6) is 0.506. The van der Waals surface area contributed by atoms with Crippen LogP contribution in [-0.4, -0.2) is 38.8 Å². The molecule has 0 spiro atoms.